The van der Waals surface area contributed by atoms with Crippen molar-refractivity contribution in [2.24, 2.45) is 5.92 Å². The molecule has 0 aliphatic carbocycles. The lowest BCUT2D eigenvalue weighted by molar-refractivity contribution is -0.117. The molecule has 0 aromatic heterocycles. The standard InChI is InChI=1S/C24H24N2O3/c1-17(2)16-29-21-13-10-20(11-14-21)24(28)26-25-23(27)15-12-19-8-5-7-18-6-3-4-9-22(18)19/h3-15,17H,16H2,1-2H3,(H,25,27)(H,26,28). The zero-order chi connectivity index (χ0) is 20.6. The van der Waals surface area contributed by atoms with Crippen LogP contribution in [0.3, 0.4) is 0 Å². The Morgan fingerprint density at radius 3 is 2.41 bits per heavy atom. The molecule has 0 saturated heterocycles. The van der Waals surface area contributed by atoms with Crippen LogP contribution in [0.2, 0.25) is 0 Å². The number of carbonyl (C=O) groups excluding carboxylic acids is 2. The molecule has 3 aromatic carbocycles. The highest BCUT2D eigenvalue weighted by Crippen LogP contribution is 2.19. The first-order valence-corrected chi connectivity index (χ1v) is 9.52. The predicted molar refractivity (Wildman–Crippen MR) is 115 cm³/mol. The predicted octanol–water partition coefficient (Wildman–Crippen LogP) is 4.35. The van der Waals surface area contributed by atoms with Gasteiger partial charge in [-0.1, -0.05) is 56.3 Å². The number of ether oxygens (including phenoxy) is 1. The van der Waals surface area contributed by atoms with Crippen molar-refractivity contribution in [1.29, 1.82) is 0 Å². The third-order valence-corrected chi connectivity index (χ3v) is 4.24. The summed E-state index contributed by atoms with van der Waals surface area (Å²) in [5, 5.41) is 2.16. The van der Waals surface area contributed by atoms with Crippen molar-refractivity contribution in [3.63, 3.8) is 0 Å². The fraction of sp³-hybridized carbons (Fsp3) is 0.167. The lowest BCUT2D eigenvalue weighted by Gasteiger charge is -2.09. The third kappa shape index (κ3) is 5.69. The number of benzene rings is 3. The van der Waals surface area contributed by atoms with Gasteiger partial charge in [0.1, 0.15) is 5.75 Å². The van der Waals surface area contributed by atoms with E-state index in [2.05, 4.69) is 24.7 Å². The minimum absolute atomic E-state index is 0.396. The summed E-state index contributed by atoms with van der Waals surface area (Å²) < 4.78 is 5.59. The Morgan fingerprint density at radius 1 is 0.931 bits per heavy atom. The van der Waals surface area contributed by atoms with Gasteiger partial charge in [0, 0.05) is 11.6 Å². The summed E-state index contributed by atoms with van der Waals surface area (Å²) in [6.45, 7) is 4.75. The van der Waals surface area contributed by atoms with E-state index in [-0.39, 0.29) is 0 Å². The lowest BCUT2D eigenvalue weighted by atomic mass is 10.0. The molecule has 3 rings (SSSR count). The van der Waals surface area contributed by atoms with Gasteiger partial charge in [0.2, 0.25) is 0 Å². The van der Waals surface area contributed by atoms with E-state index in [0.29, 0.717) is 23.8 Å². The second-order valence-corrected chi connectivity index (χ2v) is 7.07. The Morgan fingerprint density at radius 2 is 1.66 bits per heavy atom. The molecule has 0 aliphatic rings. The third-order valence-electron chi connectivity index (χ3n) is 4.24. The number of fused-ring (bicyclic) bond motifs is 1. The number of amides is 2. The van der Waals surface area contributed by atoms with E-state index in [0.717, 1.165) is 16.3 Å². The van der Waals surface area contributed by atoms with Gasteiger partial charge < -0.3 is 4.74 Å². The highest BCUT2D eigenvalue weighted by Gasteiger charge is 2.07. The molecule has 0 bridgehead atoms. The van der Waals surface area contributed by atoms with Crippen LogP contribution in [-0.2, 0) is 4.79 Å². The van der Waals surface area contributed by atoms with Crippen LogP contribution in [0.1, 0.15) is 29.8 Å². The highest BCUT2D eigenvalue weighted by molar-refractivity contribution is 5.99. The van der Waals surface area contributed by atoms with Crippen LogP contribution in [0.15, 0.2) is 72.8 Å². The maximum atomic E-state index is 12.2. The summed E-state index contributed by atoms with van der Waals surface area (Å²) >= 11 is 0. The van der Waals surface area contributed by atoms with Crippen molar-refractivity contribution in [3.05, 3.63) is 83.9 Å². The average Bonchev–Trinajstić information content (AvgIpc) is 2.74. The van der Waals surface area contributed by atoms with Crippen molar-refractivity contribution in [2.75, 3.05) is 6.61 Å². The maximum Gasteiger partial charge on any atom is 0.269 e. The quantitative estimate of drug-likeness (QED) is 0.487. The first kappa shape index (κ1) is 20.1. The van der Waals surface area contributed by atoms with Gasteiger partial charge in [-0.2, -0.15) is 0 Å². The largest absolute Gasteiger partial charge is 0.493 e. The van der Waals surface area contributed by atoms with E-state index in [9.17, 15) is 9.59 Å². The number of rotatable bonds is 6. The fourth-order valence-electron chi connectivity index (χ4n) is 2.76. The molecular weight excluding hydrogens is 364 g/mol. The Kier molecular flexibility index (Phi) is 6.63. The SMILES string of the molecule is CC(C)COc1ccc(C(=O)NNC(=O)C=Cc2cccc3ccccc23)cc1. The van der Waals surface area contributed by atoms with Gasteiger partial charge in [-0.3, -0.25) is 20.4 Å². The monoisotopic (exact) mass is 388 g/mol. The van der Waals surface area contributed by atoms with Crippen molar-refractivity contribution in [3.8, 4) is 5.75 Å². The highest BCUT2D eigenvalue weighted by atomic mass is 16.5. The molecule has 0 radical (unpaired) electrons. The van der Waals surface area contributed by atoms with E-state index < -0.39 is 11.8 Å². The number of hydrazine groups is 1. The second-order valence-electron chi connectivity index (χ2n) is 7.07. The van der Waals surface area contributed by atoms with Crippen LogP contribution in [-0.4, -0.2) is 18.4 Å². The number of hydrogen-bond donors (Lipinski definition) is 2. The van der Waals surface area contributed by atoms with Crippen LogP contribution in [0.5, 0.6) is 5.75 Å². The molecule has 2 N–H and O–H groups in total. The first-order chi connectivity index (χ1) is 14.0. The topological polar surface area (TPSA) is 67.4 Å². The van der Waals surface area contributed by atoms with Crippen LogP contribution in [0, 0.1) is 5.92 Å². The van der Waals surface area contributed by atoms with Gasteiger partial charge in [0.05, 0.1) is 6.61 Å². The molecule has 5 nitrogen and oxygen atoms in total. The summed E-state index contributed by atoms with van der Waals surface area (Å²) in [5.41, 5.74) is 6.17. The van der Waals surface area contributed by atoms with E-state index in [1.807, 2.05) is 42.5 Å². The summed E-state index contributed by atoms with van der Waals surface area (Å²) in [5.74, 6) is 0.322. The van der Waals surface area contributed by atoms with Crippen molar-refractivity contribution in [1.82, 2.24) is 10.9 Å². The molecular formula is C24H24N2O3. The number of hydrogen-bond acceptors (Lipinski definition) is 3. The minimum atomic E-state index is -0.414. The molecule has 148 valence electrons. The van der Waals surface area contributed by atoms with E-state index >= 15 is 0 Å². The van der Waals surface area contributed by atoms with Gasteiger partial charge in [-0.05, 0) is 52.6 Å². The zero-order valence-corrected chi connectivity index (χ0v) is 16.5. The average molecular weight is 388 g/mol. The summed E-state index contributed by atoms with van der Waals surface area (Å²) in [4.78, 5) is 24.2. The molecule has 0 saturated carbocycles. The normalized spacial score (nSPS) is 11.0. The zero-order valence-electron chi connectivity index (χ0n) is 16.5. The van der Waals surface area contributed by atoms with Crippen molar-refractivity contribution in [2.45, 2.75) is 13.8 Å². The van der Waals surface area contributed by atoms with Gasteiger partial charge in [-0.15, -0.1) is 0 Å². The van der Waals surface area contributed by atoms with Gasteiger partial charge in [0.25, 0.3) is 11.8 Å². The van der Waals surface area contributed by atoms with Gasteiger partial charge in [-0.25, -0.2) is 0 Å². The fourth-order valence-corrected chi connectivity index (χ4v) is 2.76. The lowest BCUT2D eigenvalue weighted by Crippen LogP contribution is -2.40. The smallest absolute Gasteiger partial charge is 0.269 e. The molecule has 29 heavy (non-hydrogen) atoms. The van der Waals surface area contributed by atoms with Gasteiger partial charge >= 0.3 is 0 Å². The number of carbonyl (C=O) groups is 2. The molecule has 2 amide bonds. The maximum absolute atomic E-state index is 12.2. The molecule has 0 heterocycles. The van der Waals surface area contributed by atoms with Crippen molar-refractivity contribution < 1.29 is 14.3 Å². The Bertz CT molecular complexity index is 1020. The van der Waals surface area contributed by atoms with E-state index in [4.69, 9.17) is 4.74 Å². The Hall–Kier alpha value is -3.60. The molecule has 0 aliphatic heterocycles. The summed E-state index contributed by atoms with van der Waals surface area (Å²) in [7, 11) is 0. The molecule has 0 spiro atoms. The first-order valence-electron chi connectivity index (χ1n) is 9.52. The summed E-state index contributed by atoms with van der Waals surface area (Å²) in [6, 6.07) is 20.6. The summed E-state index contributed by atoms with van der Waals surface area (Å²) in [6.07, 6.45) is 3.12. The Balaban J connectivity index is 1.54. The van der Waals surface area contributed by atoms with Crippen LogP contribution in [0.25, 0.3) is 16.8 Å². The second kappa shape index (κ2) is 9.55. The molecule has 5 heteroatoms. The molecule has 0 fully saturated rings. The Labute approximate surface area is 170 Å². The van der Waals surface area contributed by atoms with Crippen molar-refractivity contribution >= 4 is 28.7 Å². The van der Waals surface area contributed by atoms with E-state index in [1.165, 1.54) is 6.08 Å². The molecule has 0 atom stereocenters. The van der Waals surface area contributed by atoms with E-state index in [1.54, 1.807) is 30.3 Å². The van der Waals surface area contributed by atoms with Crippen LogP contribution >= 0.6 is 0 Å². The minimum Gasteiger partial charge on any atom is -0.493 e. The van der Waals surface area contributed by atoms with Gasteiger partial charge in [0.15, 0.2) is 0 Å². The van der Waals surface area contributed by atoms with Crippen LogP contribution < -0.4 is 15.6 Å². The molecule has 0 unspecified atom stereocenters. The number of nitrogens with one attached hydrogen (secondary N) is 2. The van der Waals surface area contributed by atoms with Crippen LogP contribution in [0.4, 0.5) is 0 Å². The molecule has 3 aromatic rings.